The Balaban J connectivity index is 2.49. The minimum Gasteiger partial charge on any atom is -0.457 e. The molecule has 1 fully saturated rings. The van der Waals surface area contributed by atoms with Crippen LogP contribution in [0.3, 0.4) is 0 Å². The molecule has 2 atom stereocenters. The molecular weight excluding hydrogens is 329 g/mol. The highest BCUT2D eigenvalue weighted by atomic mass is 19.4. The molecule has 1 saturated carbocycles. The van der Waals surface area contributed by atoms with Crippen molar-refractivity contribution in [1.82, 2.24) is 0 Å². The van der Waals surface area contributed by atoms with Gasteiger partial charge in [-0.15, -0.1) is 0 Å². The summed E-state index contributed by atoms with van der Waals surface area (Å²) in [5.41, 5.74) is -3.87. The number of carbonyl (C=O) groups excluding carboxylic acids is 2. The fraction of sp³-hybridized carbons (Fsp3) is 0.875. The van der Waals surface area contributed by atoms with E-state index in [4.69, 9.17) is 4.74 Å². The SMILES string of the molecule is CCC(C)(OC(=O)COC(=O)CC(C)(O)C(F)(F)F)C1CCCC1. The van der Waals surface area contributed by atoms with Crippen LogP contribution in [-0.4, -0.2) is 41.0 Å². The number of hydrogen-bond acceptors (Lipinski definition) is 5. The van der Waals surface area contributed by atoms with Gasteiger partial charge in [-0.05, 0) is 39.0 Å². The van der Waals surface area contributed by atoms with Crippen molar-refractivity contribution in [1.29, 1.82) is 0 Å². The van der Waals surface area contributed by atoms with Gasteiger partial charge in [-0.25, -0.2) is 4.79 Å². The van der Waals surface area contributed by atoms with Crippen molar-refractivity contribution in [3.05, 3.63) is 0 Å². The average molecular weight is 354 g/mol. The van der Waals surface area contributed by atoms with Gasteiger partial charge >= 0.3 is 18.1 Å². The molecule has 0 aromatic rings. The zero-order valence-electron chi connectivity index (χ0n) is 14.2. The van der Waals surface area contributed by atoms with Crippen molar-refractivity contribution in [2.45, 2.75) is 76.7 Å². The molecule has 1 N–H and O–H groups in total. The Morgan fingerprint density at radius 2 is 1.67 bits per heavy atom. The Morgan fingerprint density at radius 1 is 1.12 bits per heavy atom. The summed E-state index contributed by atoms with van der Waals surface area (Å²) in [5, 5.41) is 9.21. The van der Waals surface area contributed by atoms with Gasteiger partial charge in [0.15, 0.2) is 12.2 Å². The summed E-state index contributed by atoms with van der Waals surface area (Å²) in [7, 11) is 0. The van der Waals surface area contributed by atoms with Crippen LogP contribution in [-0.2, 0) is 19.1 Å². The number of aliphatic hydroxyl groups is 1. The van der Waals surface area contributed by atoms with Crippen molar-refractivity contribution in [3.63, 3.8) is 0 Å². The molecule has 0 spiro atoms. The lowest BCUT2D eigenvalue weighted by Crippen LogP contribution is -2.44. The first kappa shape index (κ1) is 20.7. The Bertz CT molecular complexity index is 455. The van der Waals surface area contributed by atoms with Crippen LogP contribution in [0.2, 0.25) is 0 Å². The summed E-state index contributed by atoms with van der Waals surface area (Å²) in [4.78, 5) is 23.3. The summed E-state index contributed by atoms with van der Waals surface area (Å²) in [5.74, 6) is -1.88. The molecule has 1 aliphatic carbocycles. The Labute approximate surface area is 139 Å². The molecule has 0 heterocycles. The van der Waals surface area contributed by atoms with E-state index in [1.54, 1.807) is 0 Å². The molecule has 24 heavy (non-hydrogen) atoms. The number of hydrogen-bond donors (Lipinski definition) is 1. The van der Waals surface area contributed by atoms with Gasteiger partial charge in [0.25, 0.3) is 0 Å². The van der Waals surface area contributed by atoms with E-state index in [0.717, 1.165) is 25.7 Å². The second kappa shape index (κ2) is 7.72. The lowest BCUT2D eigenvalue weighted by Gasteiger charge is -2.34. The molecule has 1 rings (SSSR count). The van der Waals surface area contributed by atoms with E-state index >= 15 is 0 Å². The Kier molecular flexibility index (Phi) is 6.67. The maximum atomic E-state index is 12.5. The molecule has 0 radical (unpaired) electrons. The van der Waals surface area contributed by atoms with Gasteiger partial charge in [-0.1, -0.05) is 19.8 Å². The number of carbonyl (C=O) groups is 2. The fourth-order valence-electron chi connectivity index (χ4n) is 2.84. The van der Waals surface area contributed by atoms with Crippen molar-refractivity contribution in [2.24, 2.45) is 5.92 Å². The lowest BCUT2D eigenvalue weighted by molar-refractivity contribution is -0.255. The zero-order chi connectivity index (χ0) is 18.6. The third-order valence-electron chi connectivity index (χ3n) is 4.72. The summed E-state index contributed by atoms with van der Waals surface area (Å²) >= 11 is 0. The van der Waals surface area contributed by atoms with E-state index in [0.29, 0.717) is 13.3 Å². The predicted octanol–water partition coefficient (Wildman–Crippen LogP) is 3.14. The van der Waals surface area contributed by atoms with Crippen LogP contribution in [0.4, 0.5) is 13.2 Å². The van der Waals surface area contributed by atoms with E-state index in [1.807, 2.05) is 13.8 Å². The van der Waals surface area contributed by atoms with Gasteiger partial charge in [-0.3, -0.25) is 4.79 Å². The Morgan fingerprint density at radius 3 is 2.12 bits per heavy atom. The Hall–Kier alpha value is -1.31. The van der Waals surface area contributed by atoms with Gasteiger partial charge in [0.1, 0.15) is 5.60 Å². The fourth-order valence-corrected chi connectivity index (χ4v) is 2.84. The van der Waals surface area contributed by atoms with Crippen molar-refractivity contribution in [3.8, 4) is 0 Å². The van der Waals surface area contributed by atoms with Crippen LogP contribution in [0, 0.1) is 5.92 Å². The number of halogens is 3. The lowest BCUT2D eigenvalue weighted by atomic mass is 9.85. The van der Waals surface area contributed by atoms with E-state index in [9.17, 15) is 27.9 Å². The number of alkyl halides is 3. The van der Waals surface area contributed by atoms with E-state index in [1.165, 1.54) is 0 Å². The third-order valence-corrected chi connectivity index (χ3v) is 4.72. The third kappa shape index (κ3) is 5.36. The largest absolute Gasteiger partial charge is 0.457 e. The van der Waals surface area contributed by atoms with Crippen LogP contribution in [0.1, 0.15) is 59.3 Å². The number of rotatable bonds is 7. The highest BCUT2D eigenvalue weighted by molar-refractivity contribution is 5.77. The molecule has 0 aromatic carbocycles. The molecule has 0 aliphatic heterocycles. The molecule has 0 saturated heterocycles. The van der Waals surface area contributed by atoms with E-state index in [-0.39, 0.29) is 5.92 Å². The van der Waals surface area contributed by atoms with E-state index in [2.05, 4.69) is 4.74 Å². The van der Waals surface area contributed by atoms with Gasteiger partial charge < -0.3 is 14.6 Å². The van der Waals surface area contributed by atoms with Crippen LogP contribution in [0.5, 0.6) is 0 Å². The van der Waals surface area contributed by atoms with Gasteiger partial charge in [-0.2, -0.15) is 13.2 Å². The maximum absolute atomic E-state index is 12.5. The van der Waals surface area contributed by atoms with Crippen LogP contribution < -0.4 is 0 Å². The van der Waals surface area contributed by atoms with Gasteiger partial charge in [0.05, 0.1) is 6.42 Å². The molecule has 2 unspecified atom stereocenters. The minimum atomic E-state index is -4.96. The van der Waals surface area contributed by atoms with Crippen molar-refractivity contribution >= 4 is 11.9 Å². The first-order chi connectivity index (χ1) is 10.9. The molecular formula is C16H25F3O5. The minimum absolute atomic E-state index is 0.230. The van der Waals surface area contributed by atoms with Crippen molar-refractivity contribution in [2.75, 3.05) is 6.61 Å². The second-order valence-electron chi connectivity index (χ2n) is 6.73. The molecule has 0 aromatic heterocycles. The predicted molar refractivity (Wildman–Crippen MR) is 79.0 cm³/mol. The topological polar surface area (TPSA) is 72.8 Å². The van der Waals surface area contributed by atoms with E-state index < -0.39 is 42.3 Å². The van der Waals surface area contributed by atoms with Crippen molar-refractivity contribution < 1.29 is 37.3 Å². The summed E-state index contributed by atoms with van der Waals surface area (Å²) in [6.07, 6.45) is -1.61. The molecule has 1 aliphatic rings. The smallest absolute Gasteiger partial charge is 0.417 e. The monoisotopic (exact) mass is 354 g/mol. The van der Waals surface area contributed by atoms with Gasteiger partial charge in [0.2, 0.25) is 0 Å². The number of esters is 2. The standard InChI is InChI=1S/C16H25F3O5/c1-4-14(2,11-7-5-6-8-11)24-13(21)10-23-12(20)9-15(3,22)16(17,18)19/h11,22H,4-10H2,1-3H3. The first-order valence-electron chi connectivity index (χ1n) is 8.08. The first-order valence-corrected chi connectivity index (χ1v) is 8.08. The number of ether oxygens (including phenoxy) is 2. The van der Waals surface area contributed by atoms with Crippen LogP contribution in [0.25, 0.3) is 0 Å². The quantitative estimate of drug-likeness (QED) is 0.711. The molecule has 0 bridgehead atoms. The average Bonchev–Trinajstić information content (AvgIpc) is 2.98. The molecule has 8 heteroatoms. The zero-order valence-corrected chi connectivity index (χ0v) is 14.2. The molecule has 0 amide bonds. The normalized spacial score (nSPS) is 21.0. The highest BCUT2D eigenvalue weighted by Gasteiger charge is 2.51. The van der Waals surface area contributed by atoms with Crippen LogP contribution >= 0.6 is 0 Å². The van der Waals surface area contributed by atoms with Crippen LogP contribution in [0.15, 0.2) is 0 Å². The summed E-state index contributed by atoms with van der Waals surface area (Å²) in [6.45, 7) is 3.41. The highest BCUT2D eigenvalue weighted by Crippen LogP contribution is 2.38. The summed E-state index contributed by atoms with van der Waals surface area (Å²) < 4.78 is 47.4. The summed E-state index contributed by atoms with van der Waals surface area (Å²) in [6, 6.07) is 0. The maximum Gasteiger partial charge on any atom is 0.417 e. The van der Waals surface area contributed by atoms with Gasteiger partial charge in [0, 0.05) is 0 Å². The second-order valence-corrected chi connectivity index (χ2v) is 6.73. The molecule has 5 nitrogen and oxygen atoms in total. The molecule has 140 valence electrons.